The number of nitrogens with zero attached hydrogens (tertiary/aromatic N) is 2. The molecule has 0 spiro atoms. The van der Waals surface area contributed by atoms with Crippen LogP contribution in [0.1, 0.15) is 25.8 Å². The summed E-state index contributed by atoms with van der Waals surface area (Å²) in [5, 5.41) is 3.44. The highest BCUT2D eigenvalue weighted by atomic mass is 79.9. The number of anilines is 1. The molecule has 0 aliphatic heterocycles. The van der Waals surface area contributed by atoms with Crippen LogP contribution in [-0.2, 0) is 26.2 Å². The predicted molar refractivity (Wildman–Crippen MR) is 155 cm³/mol. The van der Waals surface area contributed by atoms with Crippen LogP contribution in [0.2, 0.25) is 10.0 Å². The van der Waals surface area contributed by atoms with Gasteiger partial charge in [-0.3, -0.25) is 13.9 Å². The lowest BCUT2D eigenvalue weighted by Gasteiger charge is -2.33. The second-order valence-corrected chi connectivity index (χ2v) is 12.0. The number of sulfonamides is 1. The van der Waals surface area contributed by atoms with Crippen molar-refractivity contribution in [3.8, 4) is 0 Å². The first-order valence-corrected chi connectivity index (χ1v) is 14.9. The molecule has 0 radical (unpaired) electrons. The Hall–Kier alpha value is -2.59. The largest absolute Gasteiger partial charge is 0.355 e. The Labute approximate surface area is 241 Å². The molecular formula is C27H28BrCl2N3O4S. The first-order valence-electron chi connectivity index (χ1n) is 11.9. The zero-order valence-electron chi connectivity index (χ0n) is 20.9. The summed E-state index contributed by atoms with van der Waals surface area (Å²) in [6.45, 7) is 3.48. The van der Waals surface area contributed by atoms with Gasteiger partial charge in [-0.15, -0.1) is 0 Å². The SMILES string of the molecule is CCNC(=O)C(CC)N(Cc1ccc(Cl)c(Cl)c1)C(=O)CN(c1cccc(Br)c1)S(=O)(=O)c1ccccc1. The van der Waals surface area contributed by atoms with Crippen LogP contribution in [0.25, 0.3) is 0 Å². The standard InChI is InChI=1S/C27H28BrCl2N3O4S/c1-3-25(27(35)31-4-2)32(17-19-13-14-23(29)24(30)15-19)26(34)18-33(21-10-8-9-20(28)16-21)38(36,37)22-11-6-5-7-12-22/h5-16,25H,3-4,17-18H2,1-2H3,(H,31,35). The normalized spacial score (nSPS) is 12.0. The molecule has 3 aromatic rings. The summed E-state index contributed by atoms with van der Waals surface area (Å²) in [5.74, 6) is -0.878. The van der Waals surface area contributed by atoms with Gasteiger partial charge in [0.2, 0.25) is 11.8 Å². The Balaban J connectivity index is 2.06. The van der Waals surface area contributed by atoms with Gasteiger partial charge < -0.3 is 10.2 Å². The number of halogens is 3. The van der Waals surface area contributed by atoms with Crippen LogP contribution >= 0.6 is 39.1 Å². The van der Waals surface area contributed by atoms with Gasteiger partial charge in [-0.25, -0.2) is 8.42 Å². The van der Waals surface area contributed by atoms with Crippen molar-refractivity contribution in [2.45, 2.75) is 37.8 Å². The van der Waals surface area contributed by atoms with Gasteiger partial charge in [-0.2, -0.15) is 0 Å². The van der Waals surface area contributed by atoms with Crippen molar-refractivity contribution in [1.82, 2.24) is 10.2 Å². The van der Waals surface area contributed by atoms with E-state index in [-0.39, 0.29) is 17.3 Å². The number of rotatable bonds is 11. The first-order chi connectivity index (χ1) is 18.1. The van der Waals surface area contributed by atoms with E-state index in [1.54, 1.807) is 74.5 Å². The van der Waals surface area contributed by atoms with Gasteiger partial charge in [0.1, 0.15) is 12.6 Å². The molecule has 0 aliphatic rings. The number of carbonyl (C=O) groups is 2. The molecule has 202 valence electrons. The van der Waals surface area contributed by atoms with Crippen molar-refractivity contribution < 1.29 is 18.0 Å². The first kappa shape index (κ1) is 30.0. The van der Waals surface area contributed by atoms with E-state index in [9.17, 15) is 18.0 Å². The minimum atomic E-state index is -4.12. The van der Waals surface area contributed by atoms with Gasteiger partial charge in [0.15, 0.2) is 0 Å². The second-order valence-electron chi connectivity index (χ2n) is 8.39. The monoisotopic (exact) mass is 639 g/mol. The van der Waals surface area contributed by atoms with E-state index in [4.69, 9.17) is 23.2 Å². The van der Waals surface area contributed by atoms with Crippen LogP contribution in [0.3, 0.4) is 0 Å². The molecule has 38 heavy (non-hydrogen) atoms. The van der Waals surface area contributed by atoms with Crippen LogP contribution in [0.5, 0.6) is 0 Å². The van der Waals surface area contributed by atoms with E-state index in [0.717, 1.165) is 4.31 Å². The average molecular weight is 641 g/mol. The van der Waals surface area contributed by atoms with Crippen LogP contribution in [0.15, 0.2) is 82.2 Å². The fourth-order valence-electron chi connectivity index (χ4n) is 3.93. The molecule has 0 saturated heterocycles. The smallest absolute Gasteiger partial charge is 0.264 e. The van der Waals surface area contributed by atoms with Crippen LogP contribution in [0.4, 0.5) is 5.69 Å². The number of benzene rings is 3. The van der Waals surface area contributed by atoms with E-state index in [0.29, 0.717) is 38.7 Å². The van der Waals surface area contributed by atoms with Crippen LogP contribution in [-0.4, -0.2) is 44.3 Å². The van der Waals surface area contributed by atoms with E-state index >= 15 is 0 Å². The zero-order valence-corrected chi connectivity index (χ0v) is 24.8. The highest BCUT2D eigenvalue weighted by molar-refractivity contribution is 9.10. The van der Waals surface area contributed by atoms with Crippen molar-refractivity contribution in [2.24, 2.45) is 0 Å². The Morgan fingerprint density at radius 2 is 1.66 bits per heavy atom. The maximum atomic E-state index is 13.9. The number of carbonyl (C=O) groups excluding carboxylic acids is 2. The molecule has 3 rings (SSSR count). The summed E-state index contributed by atoms with van der Waals surface area (Å²) in [6, 6.07) is 18.7. The quantitative estimate of drug-likeness (QED) is 0.283. The molecule has 0 aliphatic carbocycles. The molecule has 3 aromatic carbocycles. The molecule has 1 unspecified atom stereocenters. The van der Waals surface area contributed by atoms with E-state index in [1.807, 2.05) is 0 Å². The fourth-order valence-corrected chi connectivity index (χ4v) is 6.06. The molecule has 1 atom stereocenters. The zero-order chi connectivity index (χ0) is 27.9. The maximum absolute atomic E-state index is 13.9. The Morgan fingerprint density at radius 1 is 0.947 bits per heavy atom. The number of likely N-dealkylation sites (N-methyl/N-ethyl adjacent to an activating group) is 1. The lowest BCUT2D eigenvalue weighted by Crippen LogP contribution is -2.52. The van der Waals surface area contributed by atoms with Gasteiger partial charge in [-0.1, -0.05) is 76.4 Å². The molecular weight excluding hydrogens is 613 g/mol. The third kappa shape index (κ3) is 7.28. The molecule has 2 amide bonds. The molecule has 0 aromatic heterocycles. The summed E-state index contributed by atoms with van der Waals surface area (Å²) < 4.78 is 29.2. The summed E-state index contributed by atoms with van der Waals surface area (Å²) in [5.41, 5.74) is 0.951. The van der Waals surface area contributed by atoms with Gasteiger partial charge in [0.05, 0.1) is 20.6 Å². The topological polar surface area (TPSA) is 86.8 Å². The summed E-state index contributed by atoms with van der Waals surface area (Å²) in [4.78, 5) is 28.3. The molecule has 11 heteroatoms. The number of amides is 2. The molecule has 1 N–H and O–H groups in total. The highest BCUT2D eigenvalue weighted by Crippen LogP contribution is 2.28. The summed E-state index contributed by atoms with van der Waals surface area (Å²) in [7, 11) is -4.12. The maximum Gasteiger partial charge on any atom is 0.264 e. The van der Waals surface area contributed by atoms with Crippen molar-refractivity contribution >= 4 is 66.7 Å². The van der Waals surface area contributed by atoms with Gasteiger partial charge in [-0.05, 0) is 61.4 Å². The molecule has 0 heterocycles. The number of hydrogen-bond acceptors (Lipinski definition) is 4. The minimum Gasteiger partial charge on any atom is -0.355 e. The van der Waals surface area contributed by atoms with Crippen LogP contribution in [0, 0.1) is 0 Å². The average Bonchev–Trinajstić information content (AvgIpc) is 2.89. The third-order valence-corrected chi connectivity index (χ3v) is 8.80. The van der Waals surface area contributed by atoms with Gasteiger partial charge in [0, 0.05) is 17.6 Å². The van der Waals surface area contributed by atoms with E-state index < -0.39 is 28.5 Å². The number of nitrogens with one attached hydrogen (secondary N) is 1. The minimum absolute atomic E-state index is 0.0308. The second kappa shape index (κ2) is 13.5. The van der Waals surface area contributed by atoms with E-state index in [2.05, 4.69) is 21.2 Å². The Kier molecular flexibility index (Phi) is 10.6. The molecule has 7 nitrogen and oxygen atoms in total. The van der Waals surface area contributed by atoms with Crippen LogP contribution < -0.4 is 9.62 Å². The predicted octanol–water partition coefficient (Wildman–Crippen LogP) is 5.89. The van der Waals surface area contributed by atoms with Gasteiger partial charge >= 0.3 is 0 Å². The molecule has 0 saturated carbocycles. The van der Waals surface area contributed by atoms with Crippen molar-refractivity contribution in [3.63, 3.8) is 0 Å². The van der Waals surface area contributed by atoms with Crippen molar-refractivity contribution in [3.05, 3.63) is 92.9 Å². The molecule has 0 bridgehead atoms. The van der Waals surface area contributed by atoms with Crippen molar-refractivity contribution in [2.75, 3.05) is 17.4 Å². The number of hydrogen-bond donors (Lipinski definition) is 1. The summed E-state index contributed by atoms with van der Waals surface area (Å²) >= 11 is 15.7. The van der Waals surface area contributed by atoms with E-state index in [1.165, 1.54) is 17.0 Å². The lowest BCUT2D eigenvalue weighted by molar-refractivity contribution is -0.140. The Morgan fingerprint density at radius 3 is 2.26 bits per heavy atom. The highest BCUT2D eigenvalue weighted by Gasteiger charge is 2.33. The Bertz CT molecular complexity index is 1390. The fraction of sp³-hybridized carbons (Fsp3) is 0.259. The van der Waals surface area contributed by atoms with Gasteiger partial charge in [0.25, 0.3) is 10.0 Å². The third-order valence-electron chi connectivity index (χ3n) is 5.78. The lowest BCUT2D eigenvalue weighted by atomic mass is 10.1. The van der Waals surface area contributed by atoms with Crippen molar-refractivity contribution in [1.29, 1.82) is 0 Å². The summed E-state index contributed by atoms with van der Waals surface area (Å²) in [6.07, 6.45) is 0.321. The molecule has 0 fully saturated rings.